The van der Waals surface area contributed by atoms with Crippen molar-refractivity contribution in [2.45, 2.75) is 19.8 Å². The van der Waals surface area contributed by atoms with Crippen LogP contribution in [0, 0.1) is 5.82 Å². The molecule has 5 nitrogen and oxygen atoms in total. The molecule has 2 heterocycles. The summed E-state index contributed by atoms with van der Waals surface area (Å²) in [7, 11) is 0. The molecule has 1 aromatic carbocycles. The van der Waals surface area contributed by atoms with Crippen LogP contribution in [-0.4, -0.2) is 23.5 Å². The van der Waals surface area contributed by atoms with E-state index < -0.39 is 11.8 Å². The topological polar surface area (TPSA) is 59.5 Å². The number of nitrogens with zero attached hydrogens (tertiary/aromatic N) is 2. The van der Waals surface area contributed by atoms with E-state index in [4.69, 9.17) is 4.74 Å². The number of carbonyl (C=O) groups is 2. The highest BCUT2D eigenvalue weighted by Gasteiger charge is 2.33. The molecule has 0 unspecified atom stereocenters. The van der Waals surface area contributed by atoms with E-state index >= 15 is 0 Å². The predicted octanol–water partition coefficient (Wildman–Crippen LogP) is 2.55. The lowest BCUT2D eigenvalue weighted by Crippen LogP contribution is -2.23. The highest BCUT2D eigenvalue weighted by atomic mass is 19.1. The molecule has 0 saturated heterocycles. The molecule has 0 bridgehead atoms. The molecule has 6 heteroatoms. The number of esters is 1. The number of carbonyl (C=O) groups excluding carboxylic acids is 2. The van der Waals surface area contributed by atoms with Crippen LogP contribution in [0.3, 0.4) is 0 Å². The van der Waals surface area contributed by atoms with Crippen LogP contribution in [0.1, 0.15) is 18.1 Å². The SMILES string of the molecule is CCOC(=O)Cc1cc(F)cc2c1N(c1ccccn1)C(=O)C2. The molecule has 1 aliphatic heterocycles. The van der Waals surface area contributed by atoms with E-state index in [1.165, 1.54) is 17.0 Å². The molecule has 3 rings (SSSR count). The summed E-state index contributed by atoms with van der Waals surface area (Å²) < 4.78 is 18.8. The fraction of sp³-hybridized carbons (Fsp3) is 0.235. The third kappa shape index (κ3) is 2.92. The summed E-state index contributed by atoms with van der Waals surface area (Å²) in [4.78, 5) is 29.8. The number of halogens is 1. The van der Waals surface area contributed by atoms with Crippen molar-refractivity contribution in [1.29, 1.82) is 0 Å². The average molecular weight is 314 g/mol. The van der Waals surface area contributed by atoms with Crippen LogP contribution in [0.4, 0.5) is 15.9 Å². The van der Waals surface area contributed by atoms with Crippen molar-refractivity contribution >= 4 is 23.4 Å². The zero-order valence-corrected chi connectivity index (χ0v) is 12.6. The Morgan fingerprint density at radius 2 is 2.22 bits per heavy atom. The second-order valence-electron chi connectivity index (χ2n) is 5.15. The Hall–Kier alpha value is -2.76. The van der Waals surface area contributed by atoms with Crippen LogP contribution in [-0.2, 0) is 27.2 Å². The van der Waals surface area contributed by atoms with Crippen LogP contribution >= 0.6 is 0 Å². The first kappa shape index (κ1) is 15.1. The lowest BCUT2D eigenvalue weighted by atomic mass is 10.0. The Kier molecular flexibility index (Phi) is 4.06. The number of pyridine rings is 1. The van der Waals surface area contributed by atoms with E-state index in [9.17, 15) is 14.0 Å². The molecule has 1 aliphatic rings. The van der Waals surface area contributed by atoms with Gasteiger partial charge >= 0.3 is 5.97 Å². The van der Waals surface area contributed by atoms with Gasteiger partial charge in [0.1, 0.15) is 11.6 Å². The highest BCUT2D eigenvalue weighted by molar-refractivity contribution is 6.07. The molecular formula is C17H15FN2O3. The summed E-state index contributed by atoms with van der Waals surface area (Å²) >= 11 is 0. The van der Waals surface area contributed by atoms with E-state index in [0.717, 1.165) is 0 Å². The number of ether oxygens (including phenoxy) is 1. The number of rotatable bonds is 4. The van der Waals surface area contributed by atoms with Gasteiger partial charge in [0, 0.05) is 6.20 Å². The molecule has 0 N–H and O–H groups in total. The van der Waals surface area contributed by atoms with Crippen LogP contribution in [0.25, 0.3) is 0 Å². The summed E-state index contributed by atoms with van der Waals surface area (Å²) in [5.41, 5.74) is 1.51. The third-order valence-electron chi connectivity index (χ3n) is 3.57. The van der Waals surface area contributed by atoms with Gasteiger partial charge in [0.2, 0.25) is 5.91 Å². The fourth-order valence-electron chi connectivity index (χ4n) is 2.74. The van der Waals surface area contributed by atoms with Crippen molar-refractivity contribution < 1.29 is 18.7 Å². The molecule has 0 atom stereocenters. The minimum atomic E-state index is -0.473. The van der Waals surface area contributed by atoms with E-state index in [-0.39, 0.29) is 25.4 Å². The minimum Gasteiger partial charge on any atom is -0.466 e. The van der Waals surface area contributed by atoms with Gasteiger partial charge in [0.15, 0.2) is 0 Å². The van der Waals surface area contributed by atoms with Crippen LogP contribution in [0.15, 0.2) is 36.5 Å². The molecule has 1 aromatic heterocycles. The summed E-state index contributed by atoms with van der Waals surface area (Å²) in [6.07, 6.45) is 1.57. The van der Waals surface area contributed by atoms with Crippen molar-refractivity contribution in [3.63, 3.8) is 0 Å². The van der Waals surface area contributed by atoms with Gasteiger partial charge in [-0.2, -0.15) is 0 Å². The van der Waals surface area contributed by atoms with E-state index in [1.54, 1.807) is 31.3 Å². The van der Waals surface area contributed by atoms with Crippen molar-refractivity contribution in [3.05, 3.63) is 53.5 Å². The van der Waals surface area contributed by atoms with Gasteiger partial charge in [-0.25, -0.2) is 9.37 Å². The van der Waals surface area contributed by atoms with Gasteiger partial charge in [0.25, 0.3) is 0 Å². The molecule has 23 heavy (non-hydrogen) atoms. The Morgan fingerprint density at radius 3 is 2.91 bits per heavy atom. The van der Waals surface area contributed by atoms with Crippen molar-refractivity contribution in [3.8, 4) is 0 Å². The van der Waals surface area contributed by atoms with Gasteiger partial charge in [-0.05, 0) is 42.3 Å². The second kappa shape index (κ2) is 6.16. The lowest BCUT2D eigenvalue weighted by molar-refractivity contribution is -0.142. The number of fused-ring (bicyclic) bond motifs is 1. The Bertz CT molecular complexity index is 762. The molecule has 0 fully saturated rings. The summed E-state index contributed by atoms with van der Waals surface area (Å²) in [6, 6.07) is 7.80. The number of amides is 1. The fourth-order valence-corrected chi connectivity index (χ4v) is 2.74. The number of aromatic nitrogens is 1. The Balaban J connectivity index is 2.07. The van der Waals surface area contributed by atoms with Gasteiger partial charge in [0.05, 0.1) is 25.1 Å². The van der Waals surface area contributed by atoms with Crippen molar-refractivity contribution in [2.24, 2.45) is 0 Å². The highest BCUT2D eigenvalue weighted by Crippen LogP contribution is 2.38. The standard InChI is InChI=1S/C17H15FN2O3/c1-2-23-16(22)10-12-8-13(18)7-11-9-15(21)20(17(11)12)14-5-3-4-6-19-14/h3-8H,2,9-10H2,1H3. The average Bonchev–Trinajstić information content (AvgIpc) is 2.84. The van der Waals surface area contributed by atoms with Crippen molar-refractivity contribution in [2.75, 3.05) is 11.5 Å². The normalized spacial score (nSPS) is 13.1. The van der Waals surface area contributed by atoms with Gasteiger partial charge in [-0.3, -0.25) is 14.5 Å². The van der Waals surface area contributed by atoms with E-state index in [2.05, 4.69) is 4.98 Å². The first-order chi connectivity index (χ1) is 11.1. The summed E-state index contributed by atoms with van der Waals surface area (Å²) in [5, 5.41) is 0. The maximum atomic E-state index is 13.8. The van der Waals surface area contributed by atoms with Gasteiger partial charge < -0.3 is 4.74 Å². The maximum absolute atomic E-state index is 13.8. The molecule has 118 valence electrons. The molecule has 2 aromatic rings. The summed E-state index contributed by atoms with van der Waals surface area (Å²) in [5.74, 6) is -0.679. The third-order valence-corrected chi connectivity index (χ3v) is 3.57. The smallest absolute Gasteiger partial charge is 0.310 e. The lowest BCUT2D eigenvalue weighted by Gasteiger charge is -2.19. The summed E-state index contributed by atoms with van der Waals surface area (Å²) in [6.45, 7) is 1.96. The molecule has 0 spiro atoms. The molecule has 0 radical (unpaired) electrons. The minimum absolute atomic E-state index is 0.0828. The molecular weight excluding hydrogens is 299 g/mol. The Morgan fingerprint density at radius 1 is 1.39 bits per heavy atom. The van der Waals surface area contributed by atoms with Crippen LogP contribution < -0.4 is 4.90 Å². The quantitative estimate of drug-likeness (QED) is 0.814. The molecule has 0 saturated carbocycles. The zero-order chi connectivity index (χ0) is 16.4. The number of hydrogen-bond donors (Lipinski definition) is 0. The first-order valence-electron chi connectivity index (χ1n) is 7.31. The molecule has 1 amide bonds. The van der Waals surface area contributed by atoms with Crippen LogP contribution in [0.2, 0.25) is 0 Å². The second-order valence-corrected chi connectivity index (χ2v) is 5.15. The Labute approximate surface area is 132 Å². The number of hydrogen-bond acceptors (Lipinski definition) is 4. The maximum Gasteiger partial charge on any atom is 0.310 e. The largest absolute Gasteiger partial charge is 0.466 e. The van der Waals surface area contributed by atoms with Crippen molar-refractivity contribution in [1.82, 2.24) is 4.98 Å². The molecule has 0 aliphatic carbocycles. The van der Waals surface area contributed by atoms with Gasteiger partial charge in [-0.15, -0.1) is 0 Å². The monoisotopic (exact) mass is 314 g/mol. The first-order valence-corrected chi connectivity index (χ1v) is 7.31. The number of anilines is 2. The van der Waals surface area contributed by atoms with E-state index in [1.807, 2.05) is 0 Å². The van der Waals surface area contributed by atoms with Crippen LogP contribution in [0.5, 0.6) is 0 Å². The number of benzene rings is 1. The van der Waals surface area contributed by atoms with Gasteiger partial charge in [-0.1, -0.05) is 6.07 Å². The zero-order valence-electron chi connectivity index (χ0n) is 12.6. The predicted molar refractivity (Wildman–Crippen MR) is 81.8 cm³/mol. The van der Waals surface area contributed by atoms with E-state index in [0.29, 0.717) is 22.6 Å².